The topological polar surface area (TPSA) is 54.7 Å². The molecule has 0 aliphatic rings. The van der Waals surface area contributed by atoms with Gasteiger partial charge in [0.15, 0.2) is 10.9 Å². The first-order valence-electron chi connectivity index (χ1n) is 9.03. The van der Waals surface area contributed by atoms with Gasteiger partial charge in [0.1, 0.15) is 0 Å². The molecular formula is C21H24N3O2S+. The number of hydrogen-bond donors (Lipinski definition) is 1. The van der Waals surface area contributed by atoms with E-state index in [0.717, 1.165) is 23.2 Å². The first-order chi connectivity index (χ1) is 13.0. The van der Waals surface area contributed by atoms with E-state index in [1.54, 1.807) is 29.2 Å². The maximum absolute atomic E-state index is 13.2. The third kappa shape index (κ3) is 4.59. The normalized spacial score (nSPS) is 11.1. The number of quaternary nitrogens is 1. The zero-order valence-electron chi connectivity index (χ0n) is 15.9. The molecule has 0 saturated heterocycles. The number of amides is 1. The quantitative estimate of drug-likeness (QED) is 0.639. The maximum atomic E-state index is 13.2. The lowest BCUT2D eigenvalue weighted by Gasteiger charge is -2.20. The van der Waals surface area contributed by atoms with Crippen molar-refractivity contribution < 1.29 is 14.5 Å². The second kappa shape index (κ2) is 8.41. The highest BCUT2D eigenvalue weighted by Gasteiger charge is 2.21. The van der Waals surface area contributed by atoms with Crippen molar-refractivity contribution in [2.24, 2.45) is 0 Å². The minimum atomic E-state index is -0.0853. The van der Waals surface area contributed by atoms with E-state index in [2.05, 4.69) is 19.1 Å². The number of nitrogens with one attached hydrogen (secondary N) is 1. The molecule has 1 amide bonds. The highest BCUT2D eigenvalue weighted by molar-refractivity contribution is 7.22. The van der Waals surface area contributed by atoms with E-state index >= 15 is 0 Å². The van der Waals surface area contributed by atoms with Gasteiger partial charge in [0, 0.05) is 24.1 Å². The third-order valence-corrected chi connectivity index (χ3v) is 5.41. The van der Waals surface area contributed by atoms with Crippen LogP contribution in [-0.4, -0.2) is 43.9 Å². The average Bonchev–Trinajstić information content (AvgIpc) is 3.08. The Morgan fingerprint density at radius 1 is 1.04 bits per heavy atom. The van der Waals surface area contributed by atoms with Crippen molar-refractivity contribution in [1.82, 2.24) is 4.98 Å². The van der Waals surface area contributed by atoms with Crippen LogP contribution in [0.1, 0.15) is 34.1 Å². The number of nitrogens with zero attached hydrogens (tertiary/aromatic N) is 2. The number of ketones is 1. The molecule has 1 N–H and O–H groups in total. The molecule has 3 rings (SSSR count). The van der Waals surface area contributed by atoms with Gasteiger partial charge < -0.3 is 4.90 Å². The van der Waals surface area contributed by atoms with E-state index in [1.807, 2.05) is 24.3 Å². The number of para-hydroxylation sites is 1. The molecule has 3 aromatic rings. The summed E-state index contributed by atoms with van der Waals surface area (Å²) in [4.78, 5) is 32.4. The smallest absolute Gasteiger partial charge is 0.260 e. The molecule has 0 bridgehead atoms. The van der Waals surface area contributed by atoms with Gasteiger partial charge in [-0.15, -0.1) is 0 Å². The van der Waals surface area contributed by atoms with Crippen LogP contribution in [0, 0.1) is 0 Å². The summed E-state index contributed by atoms with van der Waals surface area (Å²) in [6.45, 7) is 3.10. The van der Waals surface area contributed by atoms with Crippen LogP contribution in [0.3, 0.4) is 0 Å². The number of fused-ring (bicyclic) bond motifs is 1. The number of rotatable bonds is 7. The van der Waals surface area contributed by atoms with E-state index in [0.29, 0.717) is 22.8 Å². The Kier molecular flexibility index (Phi) is 5.98. The van der Waals surface area contributed by atoms with Crippen molar-refractivity contribution in [1.29, 1.82) is 0 Å². The zero-order chi connectivity index (χ0) is 19.4. The minimum absolute atomic E-state index is 0.00835. The van der Waals surface area contributed by atoms with Crippen LogP contribution in [0.25, 0.3) is 10.2 Å². The third-order valence-electron chi connectivity index (χ3n) is 4.36. The van der Waals surface area contributed by atoms with Crippen LogP contribution in [0.4, 0.5) is 5.13 Å². The summed E-state index contributed by atoms with van der Waals surface area (Å²) in [5.41, 5.74) is 2.08. The highest BCUT2D eigenvalue weighted by atomic mass is 32.1. The van der Waals surface area contributed by atoms with E-state index in [4.69, 9.17) is 0 Å². The summed E-state index contributed by atoms with van der Waals surface area (Å²) >= 11 is 1.53. The van der Waals surface area contributed by atoms with Crippen molar-refractivity contribution in [3.8, 4) is 0 Å². The monoisotopic (exact) mass is 382 g/mol. The van der Waals surface area contributed by atoms with Gasteiger partial charge in [0.05, 0.1) is 30.9 Å². The van der Waals surface area contributed by atoms with Crippen molar-refractivity contribution in [2.75, 3.05) is 32.1 Å². The van der Waals surface area contributed by atoms with Crippen molar-refractivity contribution in [3.05, 3.63) is 59.7 Å². The van der Waals surface area contributed by atoms with Gasteiger partial charge in [-0.1, -0.05) is 35.6 Å². The summed E-state index contributed by atoms with van der Waals surface area (Å²) < 4.78 is 1.07. The van der Waals surface area contributed by atoms with Gasteiger partial charge >= 0.3 is 0 Å². The number of carbonyl (C=O) groups is 2. The molecule has 0 saturated carbocycles. The summed E-state index contributed by atoms with van der Waals surface area (Å²) in [6.07, 6.45) is 0.884. The average molecular weight is 383 g/mol. The summed E-state index contributed by atoms with van der Waals surface area (Å²) in [5.74, 6) is -0.0936. The number of hydrogen-bond acceptors (Lipinski definition) is 4. The summed E-state index contributed by atoms with van der Waals surface area (Å²) in [6, 6.07) is 14.8. The van der Waals surface area contributed by atoms with Crippen molar-refractivity contribution >= 4 is 38.4 Å². The Bertz CT molecular complexity index is 914. The lowest BCUT2D eigenvalue weighted by Crippen LogP contribution is -3.05. The molecule has 0 unspecified atom stereocenters. The molecule has 0 aliphatic heterocycles. The number of aromatic nitrogens is 1. The van der Waals surface area contributed by atoms with Crippen molar-refractivity contribution in [3.63, 3.8) is 0 Å². The predicted octanol–water partition coefficient (Wildman–Crippen LogP) is 2.68. The highest BCUT2D eigenvalue weighted by Crippen LogP contribution is 2.29. The van der Waals surface area contributed by atoms with Gasteiger partial charge in [0.25, 0.3) is 5.91 Å². The summed E-state index contributed by atoms with van der Waals surface area (Å²) in [5, 5.41) is 0.714. The van der Waals surface area contributed by atoms with Gasteiger partial charge in [-0.2, -0.15) is 0 Å². The molecule has 140 valence electrons. The first-order valence-corrected chi connectivity index (χ1v) is 9.85. The molecule has 1 aromatic heterocycles. The van der Waals surface area contributed by atoms with E-state index in [9.17, 15) is 9.59 Å². The second-order valence-corrected chi connectivity index (χ2v) is 7.87. The Morgan fingerprint density at radius 3 is 2.33 bits per heavy atom. The molecule has 6 heteroatoms. The predicted molar refractivity (Wildman–Crippen MR) is 110 cm³/mol. The molecule has 0 aliphatic carbocycles. The zero-order valence-corrected chi connectivity index (χ0v) is 16.7. The molecule has 5 nitrogen and oxygen atoms in total. The fourth-order valence-electron chi connectivity index (χ4n) is 2.85. The van der Waals surface area contributed by atoms with E-state index in [1.165, 1.54) is 23.2 Å². The van der Waals surface area contributed by atoms with Crippen LogP contribution >= 0.6 is 11.3 Å². The standard InChI is InChI=1S/C21H23N3O2S/c1-15(25)16-9-11-17(12-10-16)20(26)24(14-6-13-23(2)3)21-22-18-7-4-5-8-19(18)27-21/h4-5,7-12H,6,13-14H2,1-3H3/p+1. The van der Waals surface area contributed by atoms with Gasteiger partial charge in [0.2, 0.25) is 0 Å². The largest absolute Gasteiger partial charge is 0.340 e. The van der Waals surface area contributed by atoms with Crippen LogP contribution in [-0.2, 0) is 0 Å². The fraction of sp³-hybridized carbons (Fsp3) is 0.286. The molecule has 0 spiro atoms. The summed E-state index contributed by atoms with van der Waals surface area (Å²) in [7, 11) is 4.20. The van der Waals surface area contributed by atoms with Gasteiger partial charge in [-0.05, 0) is 31.2 Å². The van der Waals surface area contributed by atoms with Crippen LogP contribution in [0.5, 0.6) is 0 Å². The molecule has 27 heavy (non-hydrogen) atoms. The Balaban J connectivity index is 1.90. The molecule has 0 radical (unpaired) electrons. The number of benzene rings is 2. The lowest BCUT2D eigenvalue weighted by molar-refractivity contribution is -0.858. The van der Waals surface area contributed by atoms with E-state index < -0.39 is 0 Å². The second-order valence-electron chi connectivity index (χ2n) is 6.87. The van der Waals surface area contributed by atoms with Crippen LogP contribution in [0.2, 0.25) is 0 Å². The lowest BCUT2D eigenvalue weighted by atomic mass is 10.1. The molecule has 0 atom stereocenters. The SMILES string of the molecule is CC(=O)c1ccc(C(=O)N(CCC[NH+](C)C)c2nc3ccccc3s2)cc1. The molecular weight excluding hydrogens is 358 g/mol. The Labute approximate surface area is 163 Å². The molecule has 0 fully saturated rings. The number of thiazole rings is 1. The maximum Gasteiger partial charge on any atom is 0.260 e. The first kappa shape index (κ1) is 19.2. The molecule has 2 aromatic carbocycles. The van der Waals surface area contributed by atoms with Crippen LogP contribution < -0.4 is 9.80 Å². The van der Waals surface area contributed by atoms with Crippen molar-refractivity contribution in [2.45, 2.75) is 13.3 Å². The van der Waals surface area contributed by atoms with Crippen LogP contribution in [0.15, 0.2) is 48.5 Å². The number of Topliss-reactive ketones (excluding diaryl/α,β-unsaturated/α-hetero) is 1. The minimum Gasteiger partial charge on any atom is -0.340 e. The fourth-order valence-corrected chi connectivity index (χ4v) is 3.84. The van der Waals surface area contributed by atoms with Gasteiger partial charge in [-0.25, -0.2) is 4.98 Å². The Morgan fingerprint density at radius 2 is 1.70 bits per heavy atom. The Hall–Kier alpha value is -2.57. The van der Waals surface area contributed by atoms with Gasteiger partial charge in [-0.3, -0.25) is 14.5 Å². The van der Waals surface area contributed by atoms with E-state index in [-0.39, 0.29) is 11.7 Å². The number of carbonyl (C=O) groups excluding carboxylic acids is 2. The number of anilines is 1. The molecule has 1 heterocycles.